The van der Waals surface area contributed by atoms with Gasteiger partial charge in [-0.1, -0.05) is 30.3 Å². The molecule has 32 heavy (non-hydrogen) atoms. The van der Waals surface area contributed by atoms with Crippen molar-refractivity contribution in [2.24, 2.45) is 0 Å². The highest BCUT2D eigenvalue weighted by molar-refractivity contribution is 5.86. The summed E-state index contributed by atoms with van der Waals surface area (Å²) in [5.41, 5.74) is 5.33. The molecule has 0 saturated heterocycles. The molecular weight excluding hydrogens is 402 g/mol. The second kappa shape index (κ2) is 8.52. The molecule has 1 N–H and O–H groups in total. The van der Waals surface area contributed by atoms with Crippen molar-refractivity contribution in [3.8, 4) is 11.5 Å². The van der Waals surface area contributed by atoms with E-state index in [4.69, 9.17) is 13.9 Å². The Balaban J connectivity index is 1.47. The molecule has 3 aromatic carbocycles. The largest absolute Gasteiger partial charge is 0.497 e. The van der Waals surface area contributed by atoms with Crippen LogP contribution < -0.4 is 20.0 Å². The summed E-state index contributed by atoms with van der Waals surface area (Å²) < 4.78 is 17.2. The summed E-state index contributed by atoms with van der Waals surface area (Å²) in [5.74, 6) is 1.65. The third-order valence-corrected chi connectivity index (χ3v) is 6.21. The van der Waals surface area contributed by atoms with Crippen LogP contribution in [0.2, 0.25) is 0 Å². The number of hydrogen-bond donors (Lipinski definition) is 1. The molecule has 1 atom stereocenters. The molecule has 5 rings (SSSR count). The van der Waals surface area contributed by atoms with Gasteiger partial charge in [0.05, 0.1) is 12.7 Å². The van der Waals surface area contributed by atoms with Crippen molar-refractivity contribution in [1.29, 1.82) is 0 Å². The van der Waals surface area contributed by atoms with Crippen LogP contribution in [0.5, 0.6) is 11.5 Å². The minimum absolute atomic E-state index is 0.269. The van der Waals surface area contributed by atoms with Crippen molar-refractivity contribution in [2.45, 2.75) is 26.4 Å². The molecule has 1 unspecified atom stereocenters. The quantitative estimate of drug-likeness (QED) is 0.493. The van der Waals surface area contributed by atoms with Crippen LogP contribution in [0.4, 0.5) is 0 Å². The standard InChI is InChI=1S/C27H25NO4/c1-18-22-12-13-25-24(16-28(17-31-25)15-20-8-10-21(30-2)11-9-20)26(22)32-27(29)23(18)14-19-6-4-3-5-7-19/h3-13H,14-17H2,1-2H3/p+1. The summed E-state index contributed by atoms with van der Waals surface area (Å²) in [7, 11) is 1.67. The molecule has 0 radical (unpaired) electrons. The molecule has 2 heterocycles. The van der Waals surface area contributed by atoms with Crippen LogP contribution in [0.25, 0.3) is 11.0 Å². The van der Waals surface area contributed by atoms with Crippen LogP contribution >= 0.6 is 0 Å². The highest BCUT2D eigenvalue weighted by Gasteiger charge is 2.26. The zero-order valence-electron chi connectivity index (χ0n) is 18.3. The fourth-order valence-electron chi connectivity index (χ4n) is 4.43. The van der Waals surface area contributed by atoms with Crippen molar-refractivity contribution in [3.63, 3.8) is 0 Å². The highest BCUT2D eigenvalue weighted by Crippen LogP contribution is 2.31. The van der Waals surface area contributed by atoms with E-state index in [-0.39, 0.29) is 5.63 Å². The van der Waals surface area contributed by atoms with Gasteiger partial charge in [0.15, 0.2) is 5.58 Å². The van der Waals surface area contributed by atoms with Crippen molar-refractivity contribution in [2.75, 3.05) is 13.8 Å². The Kier molecular flexibility index (Phi) is 5.41. The average Bonchev–Trinajstić information content (AvgIpc) is 2.83. The number of fused-ring (bicyclic) bond motifs is 3. The summed E-state index contributed by atoms with van der Waals surface area (Å²) in [6.07, 6.45) is 0.563. The normalized spacial score (nSPS) is 15.2. The molecule has 0 fully saturated rings. The summed E-state index contributed by atoms with van der Waals surface area (Å²) in [5, 5.41) is 0.976. The number of benzene rings is 3. The molecule has 5 nitrogen and oxygen atoms in total. The van der Waals surface area contributed by atoms with Crippen molar-refractivity contribution < 1.29 is 18.8 Å². The molecule has 0 aliphatic carbocycles. The highest BCUT2D eigenvalue weighted by atomic mass is 16.5. The number of ether oxygens (including phenoxy) is 2. The minimum Gasteiger partial charge on any atom is -0.497 e. The van der Waals surface area contributed by atoms with E-state index in [2.05, 4.69) is 12.1 Å². The molecule has 5 heteroatoms. The van der Waals surface area contributed by atoms with Crippen LogP contribution in [-0.4, -0.2) is 13.8 Å². The smallest absolute Gasteiger partial charge is 0.340 e. The van der Waals surface area contributed by atoms with Crippen LogP contribution in [0.3, 0.4) is 0 Å². The van der Waals surface area contributed by atoms with Crippen molar-refractivity contribution in [1.82, 2.24) is 0 Å². The number of nitrogens with one attached hydrogen (secondary N) is 1. The second-order valence-electron chi connectivity index (χ2n) is 8.31. The fraction of sp³-hybridized carbons (Fsp3) is 0.222. The second-order valence-corrected chi connectivity index (χ2v) is 8.31. The topological polar surface area (TPSA) is 53.1 Å². The van der Waals surface area contributed by atoms with E-state index < -0.39 is 0 Å². The molecule has 0 spiro atoms. The van der Waals surface area contributed by atoms with Crippen LogP contribution in [0, 0.1) is 6.92 Å². The van der Waals surface area contributed by atoms with Crippen molar-refractivity contribution in [3.05, 3.63) is 105 Å². The first-order chi connectivity index (χ1) is 15.6. The first-order valence-corrected chi connectivity index (χ1v) is 10.8. The Morgan fingerprint density at radius 2 is 1.75 bits per heavy atom. The summed E-state index contributed by atoms with van der Waals surface area (Å²) in [4.78, 5) is 14.2. The first-order valence-electron chi connectivity index (χ1n) is 10.8. The molecule has 0 bridgehead atoms. The lowest BCUT2D eigenvalue weighted by Crippen LogP contribution is -3.10. The first kappa shape index (κ1) is 20.3. The number of rotatable bonds is 5. The SMILES string of the molecule is COc1ccc(C[NH+]2COc3ccc4c(C)c(Cc5ccccc5)c(=O)oc4c3C2)cc1. The van der Waals surface area contributed by atoms with Crippen LogP contribution in [0.1, 0.15) is 27.8 Å². The van der Waals surface area contributed by atoms with Gasteiger partial charge in [0.25, 0.3) is 0 Å². The average molecular weight is 429 g/mol. The van der Waals surface area contributed by atoms with Gasteiger partial charge in [-0.3, -0.25) is 4.90 Å². The Morgan fingerprint density at radius 3 is 2.50 bits per heavy atom. The number of quaternary nitrogens is 1. The van der Waals surface area contributed by atoms with E-state index >= 15 is 0 Å². The third kappa shape index (κ3) is 3.87. The Hall–Kier alpha value is -3.57. The predicted molar refractivity (Wildman–Crippen MR) is 123 cm³/mol. The van der Waals surface area contributed by atoms with Gasteiger partial charge in [-0.05, 0) is 54.4 Å². The van der Waals surface area contributed by atoms with E-state index in [1.165, 1.54) is 10.5 Å². The van der Waals surface area contributed by atoms with Gasteiger partial charge in [0, 0.05) is 22.9 Å². The van der Waals surface area contributed by atoms with Gasteiger partial charge in [-0.25, -0.2) is 4.79 Å². The van der Waals surface area contributed by atoms with Gasteiger partial charge in [-0.2, -0.15) is 0 Å². The van der Waals surface area contributed by atoms with Gasteiger partial charge in [0.1, 0.15) is 24.6 Å². The monoisotopic (exact) mass is 428 g/mol. The van der Waals surface area contributed by atoms with Gasteiger partial charge in [-0.15, -0.1) is 0 Å². The van der Waals surface area contributed by atoms with E-state index in [0.29, 0.717) is 24.3 Å². The Morgan fingerprint density at radius 1 is 0.969 bits per heavy atom. The van der Waals surface area contributed by atoms with E-state index in [0.717, 1.165) is 46.7 Å². The summed E-state index contributed by atoms with van der Waals surface area (Å²) in [6.45, 7) is 4.13. The lowest BCUT2D eigenvalue weighted by Gasteiger charge is -2.27. The Labute approximate surface area is 186 Å². The maximum Gasteiger partial charge on any atom is 0.340 e. The molecule has 1 aliphatic heterocycles. The molecule has 0 amide bonds. The van der Waals surface area contributed by atoms with E-state index in [1.807, 2.05) is 61.5 Å². The zero-order valence-corrected chi connectivity index (χ0v) is 18.3. The summed E-state index contributed by atoms with van der Waals surface area (Å²) >= 11 is 0. The lowest BCUT2D eigenvalue weighted by atomic mass is 9.97. The maximum atomic E-state index is 13.0. The number of methoxy groups -OCH3 is 1. The van der Waals surface area contributed by atoms with E-state index in [1.54, 1.807) is 7.11 Å². The Bertz CT molecular complexity index is 1310. The molecule has 4 aromatic rings. The third-order valence-electron chi connectivity index (χ3n) is 6.21. The molecule has 0 saturated carbocycles. The van der Waals surface area contributed by atoms with Crippen molar-refractivity contribution >= 4 is 11.0 Å². The lowest BCUT2D eigenvalue weighted by molar-refractivity contribution is -0.945. The van der Waals surface area contributed by atoms with E-state index in [9.17, 15) is 4.79 Å². The minimum atomic E-state index is -0.269. The fourth-order valence-corrected chi connectivity index (χ4v) is 4.43. The molecule has 1 aliphatic rings. The maximum absolute atomic E-state index is 13.0. The number of hydrogen-bond acceptors (Lipinski definition) is 4. The molecule has 162 valence electrons. The molecular formula is C27H26NO4+. The molecule has 1 aromatic heterocycles. The summed E-state index contributed by atoms with van der Waals surface area (Å²) in [6, 6.07) is 22.1. The number of aryl methyl sites for hydroxylation is 1. The predicted octanol–water partition coefficient (Wildman–Crippen LogP) is 3.64. The zero-order chi connectivity index (χ0) is 22.1. The van der Waals surface area contributed by atoms with Gasteiger partial charge >= 0.3 is 5.63 Å². The van der Waals surface area contributed by atoms with Crippen LogP contribution in [-0.2, 0) is 19.5 Å². The van der Waals surface area contributed by atoms with Gasteiger partial charge in [0.2, 0.25) is 6.73 Å². The van der Waals surface area contributed by atoms with Gasteiger partial charge < -0.3 is 13.9 Å². The van der Waals surface area contributed by atoms with Crippen LogP contribution in [0.15, 0.2) is 75.9 Å².